The van der Waals surface area contributed by atoms with E-state index in [1.807, 2.05) is 47.4 Å². The molecule has 1 aliphatic heterocycles. The van der Waals surface area contributed by atoms with E-state index < -0.39 is 11.9 Å². The molecule has 1 aliphatic rings. The molecular formula is C29H30N4O4. The summed E-state index contributed by atoms with van der Waals surface area (Å²) in [5.41, 5.74) is 7.20. The molecule has 0 aliphatic carbocycles. The van der Waals surface area contributed by atoms with Crippen LogP contribution in [0, 0.1) is 0 Å². The SMILES string of the molecule is CCc1ccc(C(=O)N2CCc3ccc(C(CC(=O)O)c4cc(OC)c5c(c4)nnn5C)cc3C2)cc1. The van der Waals surface area contributed by atoms with Crippen LogP contribution in [0.3, 0.4) is 0 Å². The first-order valence-electron chi connectivity index (χ1n) is 12.5. The molecule has 8 heteroatoms. The van der Waals surface area contributed by atoms with Crippen LogP contribution in [0.2, 0.25) is 0 Å². The summed E-state index contributed by atoms with van der Waals surface area (Å²) in [5, 5.41) is 18.1. The monoisotopic (exact) mass is 498 g/mol. The molecule has 1 unspecified atom stereocenters. The summed E-state index contributed by atoms with van der Waals surface area (Å²) < 4.78 is 7.24. The van der Waals surface area contributed by atoms with Gasteiger partial charge in [0.15, 0.2) is 0 Å². The summed E-state index contributed by atoms with van der Waals surface area (Å²) in [7, 11) is 3.37. The van der Waals surface area contributed by atoms with Crippen molar-refractivity contribution in [2.75, 3.05) is 13.7 Å². The Hall–Kier alpha value is -4.20. The van der Waals surface area contributed by atoms with Crippen LogP contribution in [0.1, 0.15) is 57.4 Å². The van der Waals surface area contributed by atoms with Crippen LogP contribution in [-0.4, -0.2) is 50.5 Å². The number of carboxylic acid groups (broad SMARTS) is 1. The van der Waals surface area contributed by atoms with E-state index in [-0.39, 0.29) is 12.3 Å². The first-order chi connectivity index (χ1) is 17.9. The second kappa shape index (κ2) is 10.0. The van der Waals surface area contributed by atoms with Gasteiger partial charge in [-0.25, -0.2) is 4.68 Å². The van der Waals surface area contributed by atoms with Crippen LogP contribution in [0.15, 0.2) is 54.6 Å². The third-order valence-electron chi connectivity index (χ3n) is 7.23. The largest absolute Gasteiger partial charge is 0.494 e. The predicted molar refractivity (Wildman–Crippen MR) is 140 cm³/mol. The number of aryl methyl sites for hydroxylation is 2. The topological polar surface area (TPSA) is 97.6 Å². The third kappa shape index (κ3) is 4.79. The van der Waals surface area contributed by atoms with Gasteiger partial charge in [-0.2, -0.15) is 0 Å². The number of carbonyl (C=O) groups is 2. The molecule has 3 aromatic carbocycles. The van der Waals surface area contributed by atoms with Gasteiger partial charge in [-0.1, -0.05) is 42.5 Å². The van der Waals surface area contributed by atoms with E-state index >= 15 is 0 Å². The van der Waals surface area contributed by atoms with Crippen molar-refractivity contribution in [3.05, 3.63) is 88.0 Å². The quantitative estimate of drug-likeness (QED) is 0.407. The van der Waals surface area contributed by atoms with Gasteiger partial charge in [0.1, 0.15) is 16.8 Å². The molecule has 190 valence electrons. The zero-order chi connectivity index (χ0) is 26.1. The maximum absolute atomic E-state index is 13.2. The summed E-state index contributed by atoms with van der Waals surface area (Å²) in [6, 6.07) is 17.7. The van der Waals surface area contributed by atoms with Crippen molar-refractivity contribution in [2.24, 2.45) is 7.05 Å². The third-order valence-corrected chi connectivity index (χ3v) is 7.23. The number of hydrogen-bond acceptors (Lipinski definition) is 5. The van der Waals surface area contributed by atoms with Crippen LogP contribution in [0.4, 0.5) is 0 Å². The summed E-state index contributed by atoms with van der Waals surface area (Å²) in [6.45, 7) is 3.23. The molecule has 1 amide bonds. The van der Waals surface area contributed by atoms with Crippen LogP contribution in [0.25, 0.3) is 11.0 Å². The Morgan fingerprint density at radius 1 is 1.05 bits per heavy atom. The van der Waals surface area contributed by atoms with Gasteiger partial charge in [0.2, 0.25) is 0 Å². The molecule has 4 aromatic rings. The van der Waals surface area contributed by atoms with E-state index in [1.165, 1.54) is 11.1 Å². The fourth-order valence-corrected chi connectivity index (χ4v) is 5.17. The fourth-order valence-electron chi connectivity index (χ4n) is 5.17. The summed E-state index contributed by atoms with van der Waals surface area (Å²) >= 11 is 0. The number of aliphatic carboxylic acids is 1. The molecule has 0 fully saturated rings. The van der Waals surface area contributed by atoms with Crippen molar-refractivity contribution in [3.63, 3.8) is 0 Å². The summed E-state index contributed by atoms with van der Waals surface area (Å²) in [6.07, 6.45) is 1.61. The predicted octanol–water partition coefficient (Wildman–Crippen LogP) is 4.34. The van der Waals surface area contributed by atoms with Crippen molar-refractivity contribution in [3.8, 4) is 5.75 Å². The van der Waals surface area contributed by atoms with Gasteiger partial charge in [-0.05, 0) is 64.9 Å². The van der Waals surface area contributed by atoms with Gasteiger partial charge in [-0.3, -0.25) is 9.59 Å². The normalized spacial score (nSPS) is 13.9. The Morgan fingerprint density at radius 3 is 2.54 bits per heavy atom. The van der Waals surface area contributed by atoms with Gasteiger partial charge in [-0.15, -0.1) is 5.10 Å². The van der Waals surface area contributed by atoms with E-state index in [9.17, 15) is 14.7 Å². The lowest BCUT2D eigenvalue weighted by Gasteiger charge is -2.30. The van der Waals surface area contributed by atoms with Crippen molar-refractivity contribution in [1.82, 2.24) is 19.9 Å². The molecule has 37 heavy (non-hydrogen) atoms. The number of methoxy groups -OCH3 is 1. The van der Waals surface area contributed by atoms with Gasteiger partial charge in [0.25, 0.3) is 5.91 Å². The molecular weight excluding hydrogens is 468 g/mol. The lowest BCUT2D eigenvalue weighted by molar-refractivity contribution is -0.137. The molecule has 0 saturated heterocycles. The minimum Gasteiger partial charge on any atom is -0.494 e. The molecule has 0 saturated carbocycles. The number of carbonyl (C=O) groups excluding carboxylic acids is 1. The fraction of sp³-hybridized carbons (Fsp3) is 0.310. The van der Waals surface area contributed by atoms with Crippen LogP contribution in [0.5, 0.6) is 5.75 Å². The Balaban J connectivity index is 1.48. The number of benzene rings is 3. The molecule has 8 nitrogen and oxygen atoms in total. The molecule has 2 heterocycles. The lowest BCUT2D eigenvalue weighted by atomic mass is 9.85. The second-order valence-corrected chi connectivity index (χ2v) is 9.51. The van der Waals surface area contributed by atoms with Crippen molar-refractivity contribution < 1.29 is 19.4 Å². The van der Waals surface area contributed by atoms with E-state index in [0.29, 0.717) is 29.9 Å². The van der Waals surface area contributed by atoms with Gasteiger partial charge >= 0.3 is 5.97 Å². The van der Waals surface area contributed by atoms with Crippen LogP contribution in [-0.2, 0) is 31.2 Å². The highest BCUT2D eigenvalue weighted by Crippen LogP contribution is 2.36. The number of hydrogen-bond donors (Lipinski definition) is 1. The van der Waals surface area contributed by atoms with Gasteiger partial charge in [0, 0.05) is 31.6 Å². The molecule has 0 bridgehead atoms. The number of amides is 1. The zero-order valence-corrected chi connectivity index (χ0v) is 21.3. The molecule has 1 aromatic heterocycles. The number of rotatable bonds is 7. The number of carboxylic acids is 1. The van der Waals surface area contributed by atoms with E-state index in [0.717, 1.165) is 35.0 Å². The second-order valence-electron chi connectivity index (χ2n) is 9.51. The summed E-state index contributed by atoms with van der Waals surface area (Å²) in [4.78, 5) is 27.0. The number of ether oxygens (including phenoxy) is 1. The Bertz CT molecular complexity index is 1480. The highest BCUT2D eigenvalue weighted by atomic mass is 16.5. The minimum absolute atomic E-state index is 0.0126. The van der Waals surface area contributed by atoms with Gasteiger partial charge in [0.05, 0.1) is 13.5 Å². The Morgan fingerprint density at radius 2 is 1.84 bits per heavy atom. The smallest absolute Gasteiger partial charge is 0.304 e. The van der Waals surface area contributed by atoms with Crippen molar-refractivity contribution >= 4 is 22.9 Å². The number of aromatic nitrogens is 3. The zero-order valence-electron chi connectivity index (χ0n) is 21.3. The van der Waals surface area contributed by atoms with E-state index in [4.69, 9.17) is 4.74 Å². The highest BCUT2D eigenvalue weighted by Gasteiger charge is 2.26. The Kier molecular flexibility index (Phi) is 6.65. The molecule has 0 spiro atoms. The molecule has 5 rings (SSSR count). The van der Waals surface area contributed by atoms with Crippen LogP contribution < -0.4 is 4.74 Å². The van der Waals surface area contributed by atoms with Crippen LogP contribution >= 0.6 is 0 Å². The van der Waals surface area contributed by atoms with E-state index in [1.54, 1.807) is 18.8 Å². The standard InChI is InChI=1S/C29H30N4O4/c1-4-18-5-7-20(8-6-18)29(36)33-12-11-19-9-10-21(13-23(19)17-33)24(16-27(34)35)22-14-25-28(26(15-22)37-3)32(2)31-30-25/h5-10,13-15,24H,4,11-12,16-17H2,1-3H3,(H,34,35). The van der Waals surface area contributed by atoms with E-state index in [2.05, 4.69) is 29.4 Å². The average molecular weight is 499 g/mol. The average Bonchev–Trinajstić information content (AvgIpc) is 3.30. The maximum Gasteiger partial charge on any atom is 0.304 e. The molecule has 0 radical (unpaired) electrons. The lowest BCUT2D eigenvalue weighted by Crippen LogP contribution is -2.36. The maximum atomic E-state index is 13.2. The Labute approximate surface area is 215 Å². The number of nitrogens with zero attached hydrogens (tertiary/aromatic N) is 4. The van der Waals surface area contributed by atoms with Crippen molar-refractivity contribution in [1.29, 1.82) is 0 Å². The molecule has 1 N–H and O–H groups in total. The highest BCUT2D eigenvalue weighted by molar-refractivity contribution is 5.94. The number of fused-ring (bicyclic) bond motifs is 2. The van der Waals surface area contributed by atoms with Crippen molar-refractivity contribution in [2.45, 2.75) is 38.6 Å². The first-order valence-corrected chi connectivity index (χ1v) is 12.5. The minimum atomic E-state index is -0.895. The van der Waals surface area contributed by atoms with Gasteiger partial charge < -0.3 is 14.7 Å². The summed E-state index contributed by atoms with van der Waals surface area (Å²) in [5.74, 6) is -0.693. The first kappa shape index (κ1) is 24.5. The molecule has 1 atom stereocenters.